The van der Waals surface area contributed by atoms with Crippen molar-refractivity contribution in [2.24, 2.45) is 0 Å². The highest BCUT2D eigenvalue weighted by Crippen LogP contribution is 2.33. The number of hydrogen-bond acceptors (Lipinski definition) is 5. The van der Waals surface area contributed by atoms with Crippen LogP contribution < -0.4 is 9.47 Å². The zero-order valence-electron chi connectivity index (χ0n) is 17.7. The van der Waals surface area contributed by atoms with Gasteiger partial charge >= 0.3 is 0 Å². The lowest BCUT2D eigenvalue weighted by atomic mass is 10.1. The number of hydrogen-bond donors (Lipinski definition) is 0. The third kappa shape index (κ3) is 5.02. The summed E-state index contributed by atoms with van der Waals surface area (Å²) in [6, 6.07) is 12.9. The molecule has 2 aromatic rings. The van der Waals surface area contributed by atoms with Crippen LogP contribution in [0.15, 0.2) is 47.4 Å². The number of ether oxygens (including phenoxy) is 2. The summed E-state index contributed by atoms with van der Waals surface area (Å²) < 4.78 is 38.9. The smallest absolute Gasteiger partial charge is 0.243 e. The summed E-state index contributed by atoms with van der Waals surface area (Å²) in [5.74, 6) is 1.09. The second-order valence-corrected chi connectivity index (χ2v) is 9.87. The zero-order valence-corrected chi connectivity index (χ0v) is 18.6. The number of aryl methyl sites for hydroxylation is 2. The Balaban J connectivity index is 1.35. The fraction of sp³-hybridized carbons (Fsp3) is 0.435. The van der Waals surface area contributed by atoms with E-state index in [1.54, 1.807) is 17.0 Å². The molecule has 4 rings (SSSR count). The number of carbonyl (C=O) groups is 1. The third-order valence-corrected chi connectivity index (χ3v) is 7.59. The highest BCUT2D eigenvalue weighted by Gasteiger charge is 2.31. The second-order valence-electron chi connectivity index (χ2n) is 7.93. The molecule has 2 aliphatic rings. The van der Waals surface area contributed by atoms with Gasteiger partial charge in [0.1, 0.15) is 0 Å². The van der Waals surface area contributed by atoms with Gasteiger partial charge in [-0.1, -0.05) is 29.8 Å². The van der Waals surface area contributed by atoms with Gasteiger partial charge in [-0.05, 0) is 31.0 Å². The van der Waals surface area contributed by atoms with E-state index < -0.39 is 10.0 Å². The van der Waals surface area contributed by atoms with Crippen LogP contribution in [-0.2, 0) is 21.2 Å². The maximum Gasteiger partial charge on any atom is 0.243 e. The number of carbonyl (C=O) groups excluding carboxylic acids is 1. The lowest BCUT2D eigenvalue weighted by Crippen LogP contribution is -2.50. The van der Waals surface area contributed by atoms with Crippen LogP contribution in [0.5, 0.6) is 11.5 Å². The molecule has 0 saturated carbocycles. The number of rotatable bonds is 5. The molecule has 1 amide bonds. The lowest BCUT2D eigenvalue weighted by Gasteiger charge is -2.34. The minimum atomic E-state index is -3.66. The van der Waals surface area contributed by atoms with Crippen LogP contribution >= 0.6 is 0 Å². The summed E-state index contributed by atoms with van der Waals surface area (Å²) in [5.41, 5.74) is 2.33. The molecule has 1 saturated heterocycles. The number of benzene rings is 2. The van der Waals surface area contributed by atoms with Crippen LogP contribution in [0.4, 0.5) is 0 Å². The van der Waals surface area contributed by atoms with Crippen molar-refractivity contribution in [2.75, 3.05) is 39.4 Å². The number of fused-ring (bicyclic) bond motifs is 1. The highest BCUT2D eigenvalue weighted by atomic mass is 32.2. The molecule has 7 nitrogen and oxygen atoms in total. The average Bonchev–Trinajstić information content (AvgIpc) is 3.03. The molecule has 1 fully saturated rings. The summed E-state index contributed by atoms with van der Waals surface area (Å²) in [5, 5.41) is 0. The van der Waals surface area contributed by atoms with Crippen molar-refractivity contribution in [2.45, 2.75) is 31.1 Å². The number of piperazine rings is 1. The average molecular weight is 445 g/mol. The normalized spacial score (nSPS) is 17.3. The van der Waals surface area contributed by atoms with Crippen LogP contribution in [0.1, 0.15) is 24.0 Å². The van der Waals surface area contributed by atoms with E-state index in [0.29, 0.717) is 50.6 Å². The van der Waals surface area contributed by atoms with Crippen LogP contribution in [0.2, 0.25) is 0 Å². The molecule has 0 bridgehead atoms. The molecule has 0 radical (unpaired) electrons. The second kappa shape index (κ2) is 9.28. The lowest BCUT2D eigenvalue weighted by molar-refractivity contribution is -0.132. The molecule has 0 aromatic heterocycles. The summed E-state index contributed by atoms with van der Waals surface area (Å²) in [6.07, 6.45) is 1.88. The third-order valence-electron chi connectivity index (χ3n) is 5.70. The van der Waals surface area contributed by atoms with Gasteiger partial charge in [-0.15, -0.1) is 0 Å². The SMILES string of the molecule is Cc1ccc(CCC(=O)N2CCN(S(=O)(=O)c3ccc4c(c3)OCCCO4)CC2)cc1. The molecule has 31 heavy (non-hydrogen) atoms. The monoisotopic (exact) mass is 444 g/mol. The summed E-state index contributed by atoms with van der Waals surface area (Å²) in [4.78, 5) is 14.5. The summed E-state index contributed by atoms with van der Waals surface area (Å²) in [7, 11) is -3.66. The Labute approximate surface area is 183 Å². The molecule has 0 atom stereocenters. The topological polar surface area (TPSA) is 76.2 Å². The Bertz CT molecular complexity index is 1030. The van der Waals surface area contributed by atoms with E-state index in [-0.39, 0.29) is 23.9 Å². The van der Waals surface area contributed by atoms with Gasteiger partial charge in [-0.3, -0.25) is 4.79 Å². The van der Waals surface area contributed by atoms with Crippen molar-refractivity contribution in [3.8, 4) is 11.5 Å². The Morgan fingerprint density at radius 2 is 1.61 bits per heavy atom. The molecule has 0 spiro atoms. The molecule has 2 aliphatic heterocycles. The fourth-order valence-corrected chi connectivity index (χ4v) is 5.23. The van der Waals surface area contributed by atoms with Crippen LogP contribution in [0.25, 0.3) is 0 Å². The Morgan fingerprint density at radius 3 is 2.32 bits per heavy atom. The van der Waals surface area contributed by atoms with Gasteiger partial charge in [0.05, 0.1) is 18.1 Å². The predicted molar refractivity (Wildman–Crippen MR) is 117 cm³/mol. The van der Waals surface area contributed by atoms with Crippen molar-refractivity contribution >= 4 is 15.9 Å². The van der Waals surface area contributed by atoms with Crippen molar-refractivity contribution in [3.05, 3.63) is 53.6 Å². The molecule has 0 aliphatic carbocycles. The summed E-state index contributed by atoms with van der Waals surface area (Å²) >= 11 is 0. The van der Waals surface area contributed by atoms with E-state index in [2.05, 4.69) is 0 Å². The van der Waals surface area contributed by atoms with Gasteiger partial charge in [0, 0.05) is 45.1 Å². The van der Waals surface area contributed by atoms with Gasteiger partial charge < -0.3 is 14.4 Å². The van der Waals surface area contributed by atoms with Crippen molar-refractivity contribution in [1.82, 2.24) is 9.21 Å². The molecule has 8 heteroatoms. The standard InChI is InChI=1S/C23H28N2O5S/c1-18-3-5-19(6-4-18)7-10-23(26)24-11-13-25(14-12-24)31(27,28)20-8-9-21-22(17-20)30-16-2-15-29-21/h3-6,8-9,17H,2,7,10-16H2,1H3. The van der Waals surface area contributed by atoms with Crippen LogP contribution in [-0.4, -0.2) is 62.9 Å². The first-order valence-electron chi connectivity index (χ1n) is 10.7. The van der Waals surface area contributed by atoms with E-state index in [9.17, 15) is 13.2 Å². The number of amides is 1. The van der Waals surface area contributed by atoms with Gasteiger partial charge in [-0.2, -0.15) is 4.31 Å². The number of nitrogens with zero attached hydrogens (tertiary/aromatic N) is 2. The molecule has 2 heterocycles. The van der Waals surface area contributed by atoms with Gasteiger partial charge in [0.15, 0.2) is 11.5 Å². The minimum Gasteiger partial charge on any atom is -0.490 e. The van der Waals surface area contributed by atoms with E-state index >= 15 is 0 Å². The number of sulfonamides is 1. The first-order valence-corrected chi connectivity index (χ1v) is 12.1. The predicted octanol–water partition coefficient (Wildman–Crippen LogP) is 2.62. The fourth-order valence-electron chi connectivity index (χ4n) is 3.80. The van der Waals surface area contributed by atoms with Gasteiger partial charge in [-0.25, -0.2) is 8.42 Å². The molecule has 0 unspecified atom stereocenters. The molecule has 166 valence electrons. The molecule has 2 aromatic carbocycles. The first-order chi connectivity index (χ1) is 14.9. The van der Waals surface area contributed by atoms with E-state index in [1.165, 1.54) is 15.9 Å². The van der Waals surface area contributed by atoms with Crippen LogP contribution in [0.3, 0.4) is 0 Å². The first kappa shape index (κ1) is 21.6. The maximum absolute atomic E-state index is 13.1. The molecular weight excluding hydrogens is 416 g/mol. The van der Waals surface area contributed by atoms with Crippen molar-refractivity contribution in [3.63, 3.8) is 0 Å². The highest BCUT2D eigenvalue weighted by molar-refractivity contribution is 7.89. The summed E-state index contributed by atoms with van der Waals surface area (Å²) in [6.45, 7) is 4.46. The quantitative estimate of drug-likeness (QED) is 0.709. The largest absolute Gasteiger partial charge is 0.490 e. The van der Waals surface area contributed by atoms with E-state index in [4.69, 9.17) is 9.47 Å². The Kier molecular flexibility index (Phi) is 6.48. The maximum atomic E-state index is 13.1. The van der Waals surface area contributed by atoms with E-state index in [1.807, 2.05) is 31.2 Å². The minimum absolute atomic E-state index is 0.0632. The van der Waals surface area contributed by atoms with Crippen molar-refractivity contribution in [1.29, 1.82) is 0 Å². The van der Waals surface area contributed by atoms with E-state index in [0.717, 1.165) is 12.0 Å². The van der Waals surface area contributed by atoms with Crippen molar-refractivity contribution < 1.29 is 22.7 Å². The van der Waals surface area contributed by atoms with Crippen LogP contribution in [0, 0.1) is 6.92 Å². The zero-order chi connectivity index (χ0) is 21.8. The Hall–Kier alpha value is -2.58. The van der Waals surface area contributed by atoms with Gasteiger partial charge in [0.25, 0.3) is 0 Å². The Morgan fingerprint density at radius 1 is 0.935 bits per heavy atom. The van der Waals surface area contributed by atoms with Gasteiger partial charge in [0.2, 0.25) is 15.9 Å². The molecule has 0 N–H and O–H groups in total. The molecular formula is C23H28N2O5S.